The van der Waals surface area contributed by atoms with E-state index in [-0.39, 0.29) is 5.91 Å². The van der Waals surface area contributed by atoms with Crippen LogP contribution in [0.1, 0.15) is 27.2 Å². The number of hydrogen-bond donors (Lipinski definition) is 2. The fourth-order valence-electron chi connectivity index (χ4n) is 1.60. The molecule has 0 aliphatic carbocycles. The molecule has 1 amide bonds. The second kappa shape index (κ2) is 6.77. The quantitative estimate of drug-likeness (QED) is 0.531. The highest BCUT2D eigenvalue weighted by Crippen LogP contribution is 2.08. The van der Waals surface area contributed by atoms with Crippen molar-refractivity contribution in [3.63, 3.8) is 0 Å². The minimum atomic E-state index is 0.0914. The first-order chi connectivity index (χ1) is 8.02. The molecule has 1 aliphatic rings. The van der Waals surface area contributed by atoms with Crippen LogP contribution in [0.3, 0.4) is 0 Å². The number of nitrogens with zero attached hydrogens (tertiary/aromatic N) is 1. The molecular weight excluding hydrogens is 214 g/mol. The van der Waals surface area contributed by atoms with Crippen LogP contribution in [-0.4, -0.2) is 50.1 Å². The van der Waals surface area contributed by atoms with Crippen LogP contribution in [0.5, 0.6) is 0 Å². The second-order valence-electron chi connectivity index (χ2n) is 5.02. The van der Waals surface area contributed by atoms with Crippen molar-refractivity contribution in [3.8, 4) is 0 Å². The van der Waals surface area contributed by atoms with Gasteiger partial charge in [-0.15, -0.1) is 0 Å². The lowest BCUT2D eigenvalue weighted by Crippen LogP contribution is -2.38. The Balaban J connectivity index is 2.16. The molecule has 1 fully saturated rings. The van der Waals surface area contributed by atoms with Gasteiger partial charge in [0.25, 0.3) is 0 Å². The minimum absolute atomic E-state index is 0.0914. The number of carbonyl (C=O) groups is 1. The summed E-state index contributed by atoms with van der Waals surface area (Å²) >= 11 is 0. The molecule has 0 radical (unpaired) electrons. The van der Waals surface area contributed by atoms with Gasteiger partial charge in [0.2, 0.25) is 5.91 Å². The molecule has 0 atom stereocenters. The zero-order valence-electron chi connectivity index (χ0n) is 11.5. The third kappa shape index (κ3) is 4.48. The second-order valence-corrected chi connectivity index (χ2v) is 5.02. The number of hydrogen-bond acceptors (Lipinski definition) is 3. The summed E-state index contributed by atoms with van der Waals surface area (Å²) < 4.78 is 0. The number of carbonyl (C=O) groups excluding carboxylic acids is 1. The van der Waals surface area contributed by atoms with Crippen molar-refractivity contribution in [2.45, 2.75) is 33.2 Å². The van der Waals surface area contributed by atoms with Crippen molar-refractivity contribution in [1.82, 2.24) is 15.5 Å². The van der Waals surface area contributed by atoms with Gasteiger partial charge in [-0.05, 0) is 46.4 Å². The van der Waals surface area contributed by atoms with Gasteiger partial charge in [0.1, 0.15) is 0 Å². The Morgan fingerprint density at radius 3 is 2.59 bits per heavy atom. The third-order valence-corrected chi connectivity index (χ3v) is 3.40. The zero-order chi connectivity index (χ0) is 12.8. The van der Waals surface area contributed by atoms with Crippen LogP contribution in [0.25, 0.3) is 0 Å². The highest BCUT2D eigenvalue weighted by Gasteiger charge is 2.15. The van der Waals surface area contributed by atoms with E-state index in [1.807, 2.05) is 6.92 Å². The van der Waals surface area contributed by atoms with E-state index < -0.39 is 0 Å². The summed E-state index contributed by atoms with van der Waals surface area (Å²) in [5, 5.41) is 6.12. The molecule has 98 valence electrons. The van der Waals surface area contributed by atoms with Crippen molar-refractivity contribution < 1.29 is 4.79 Å². The zero-order valence-corrected chi connectivity index (χ0v) is 11.5. The number of nitrogens with one attached hydrogen (secondary N) is 2. The van der Waals surface area contributed by atoms with Gasteiger partial charge in [-0.25, -0.2) is 0 Å². The van der Waals surface area contributed by atoms with E-state index in [1.54, 1.807) is 0 Å². The van der Waals surface area contributed by atoms with Gasteiger partial charge in [0.15, 0.2) is 0 Å². The van der Waals surface area contributed by atoms with Gasteiger partial charge in [-0.2, -0.15) is 0 Å². The molecule has 4 nitrogen and oxygen atoms in total. The highest BCUT2D eigenvalue weighted by atomic mass is 16.1. The fraction of sp³-hybridized carbons (Fsp3) is 0.769. The van der Waals surface area contributed by atoms with E-state index in [1.165, 1.54) is 5.57 Å². The van der Waals surface area contributed by atoms with Crippen LogP contribution in [0.15, 0.2) is 11.1 Å². The maximum Gasteiger partial charge on any atom is 0.246 e. The SMILES string of the molecule is CC(C(=O)NCCCN(C)C(C)C)=C1CNC1. The van der Waals surface area contributed by atoms with E-state index in [0.29, 0.717) is 6.04 Å². The molecule has 2 N–H and O–H groups in total. The lowest BCUT2D eigenvalue weighted by molar-refractivity contribution is -0.117. The molecule has 0 aromatic carbocycles. The predicted octanol–water partition coefficient (Wildman–Crippen LogP) is 0.753. The Morgan fingerprint density at radius 2 is 2.12 bits per heavy atom. The normalized spacial score (nSPS) is 15.1. The summed E-state index contributed by atoms with van der Waals surface area (Å²) in [6, 6.07) is 0.565. The van der Waals surface area contributed by atoms with Crippen LogP contribution in [0.4, 0.5) is 0 Å². The summed E-state index contributed by atoms with van der Waals surface area (Å²) in [5.41, 5.74) is 2.13. The van der Waals surface area contributed by atoms with Gasteiger partial charge in [0, 0.05) is 31.2 Å². The topological polar surface area (TPSA) is 44.4 Å². The maximum absolute atomic E-state index is 11.7. The Labute approximate surface area is 104 Å². The molecule has 0 bridgehead atoms. The average molecular weight is 239 g/mol. The van der Waals surface area contributed by atoms with Crippen molar-refractivity contribution in [1.29, 1.82) is 0 Å². The number of rotatable bonds is 6. The first kappa shape index (κ1) is 14.2. The van der Waals surface area contributed by atoms with Crippen molar-refractivity contribution in [2.24, 2.45) is 0 Å². The van der Waals surface area contributed by atoms with Gasteiger partial charge in [0.05, 0.1) is 0 Å². The predicted molar refractivity (Wildman–Crippen MR) is 71.0 cm³/mol. The lowest BCUT2D eigenvalue weighted by atomic mass is 10.0. The van der Waals surface area contributed by atoms with Crippen molar-refractivity contribution in [3.05, 3.63) is 11.1 Å². The van der Waals surface area contributed by atoms with Crippen LogP contribution in [0, 0.1) is 0 Å². The van der Waals surface area contributed by atoms with E-state index in [2.05, 4.69) is 36.4 Å². The van der Waals surface area contributed by atoms with Crippen molar-refractivity contribution >= 4 is 5.91 Å². The third-order valence-electron chi connectivity index (χ3n) is 3.40. The van der Waals surface area contributed by atoms with E-state index in [4.69, 9.17) is 0 Å². The van der Waals surface area contributed by atoms with Crippen LogP contribution < -0.4 is 10.6 Å². The average Bonchev–Trinajstić information content (AvgIpc) is 2.20. The molecule has 1 rings (SSSR count). The molecule has 0 saturated carbocycles. The monoisotopic (exact) mass is 239 g/mol. The first-order valence-corrected chi connectivity index (χ1v) is 6.40. The summed E-state index contributed by atoms with van der Waals surface area (Å²) in [6.07, 6.45) is 1.00. The summed E-state index contributed by atoms with van der Waals surface area (Å²) in [6.45, 7) is 9.78. The molecule has 1 heterocycles. The molecule has 1 saturated heterocycles. The molecule has 0 unspecified atom stereocenters. The van der Waals surface area contributed by atoms with E-state index in [0.717, 1.165) is 38.2 Å². The lowest BCUT2D eigenvalue weighted by Gasteiger charge is -2.22. The minimum Gasteiger partial charge on any atom is -0.352 e. The number of amides is 1. The van der Waals surface area contributed by atoms with Gasteiger partial charge in [-0.1, -0.05) is 0 Å². The maximum atomic E-state index is 11.7. The van der Waals surface area contributed by atoms with Gasteiger partial charge in [-0.3, -0.25) is 4.79 Å². The Bertz CT molecular complexity index is 291. The molecular formula is C13H25N3O. The van der Waals surface area contributed by atoms with Gasteiger partial charge >= 0.3 is 0 Å². The van der Waals surface area contributed by atoms with E-state index >= 15 is 0 Å². The summed E-state index contributed by atoms with van der Waals surface area (Å²) in [4.78, 5) is 14.0. The standard InChI is InChI=1S/C13H25N3O/c1-10(2)16(4)7-5-6-15-13(17)11(3)12-8-14-9-12/h10,14H,5-9H2,1-4H3,(H,15,17). The first-order valence-electron chi connectivity index (χ1n) is 6.40. The Morgan fingerprint density at radius 1 is 1.47 bits per heavy atom. The molecule has 17 heavy (non-hydrogen) atoms. The fourth-order valence-corrected chi connectivity index (χ4v) is 1.60. The Hall–Kier alpha value is -0.870. The molecule has 4 heteroatoms. The van der Waals surface area contributed by atoms with Crippen LogP contribution in [0.2, 0.25) is 0 Å². The summed E-state index contributed by atoms with van der Waals surface area (Å²) in [5.74, 6) is 0.0914. The highest BCUT2D eigenvalue weighted by molar-refractivity contribution is 5.93. The van der Waals surface area contributed by atoms with Crippen molar-refractivity contribution in [2.75, 3.05) is 33.2 Å². The summed E-state index contributed by atoms with van der Waals surface area (Å²) in [7, 11) is 2.11. The van der Waals surface area contributed by atoms with Crippen LogP contribution in [-0.2, 0) is 4.79 Å². The molecule has 0 spiro atoms. The molecule has 1 aliphatic heterocycles. The Kier molecular flexibility index (Phi) is 5.65. The van der Waals surface area contributed by atoms with E-state index in [9.17, 15) is 4.79 Å². The molecule has 0 aromatic rings. The smallest absolute Gasteiger partial charge is 0.246 e. The molecule has 0 aromatic heterocycles. The van der Waals surface area contributed by atoms with Crippen LogP contribution >= 0.6 is 0 Å². The van der Waals surface area contributed by atoms with Gasteiger partial charge < -0.3 is 15.5 Å². The largest absolute Gasteiger partial charge is 0.352 e.